The molecule has 0 radical (unpaired) electrons. The number of aliphatic hydroxyl groups is 1. The van der Waals surface area contributed by atoms with Gasteiger partial charge in [0.15, 0.2) is 6.61 Å². The van der Waals surface area contributed by atoms with Crippen molar-refractivity contribution >= 4 is 11.6 Å². The summed E-state index contributed by atoms with van der Waals surface area (Å²) in [5, 5.41) is 12.5. The predicted molar refractivity (Wildman–Crippen MR) is 118 cm³/mol. The van der Waals surface area contributed by atoms with Gasteiger partial charge in [0.05, 0.1) is 11.3 Å². The third-order valence-corrected chi connectivity index (χ3v) is 5.05. The van der Waals surface area contributed by atoms with Gasteiger partial charge in [0.25, 0.3) is 11.5 Å². The van der Waals surface area contributed by atoms with Gasteiger partial charge in [-0.15, -0.1) is 0 Å². The van der Waals surface area contributed by atoms with Gasteiger partial charge in [-0.25, -0.2) is 4.39 Å². The molecule has 12 heteroatoms. The Balaban J connectivity index is 1.91. The number of nitrogens with zero attached hydrogens (tertiary/aromatic N) is 1. The molecule has 0 unspecified atom stereocenters. The molecule has 2 N–H and O–H groups in total. The van der Waals surface area contributed by atoms with E-state index in [1.54, 1.807) is 26.0 Å². The number of carbonyl (C=O) groups is 1. The number of hydrogen-bond acceptors (Lipinski definition) is 4. The number of ether oxygens (including phenoxy) is 1. The fourth-order valence-electron chi connectivity index (χ4n) is 3.07. The molecule has 0 aliphatic heterocycles. The van der Waals surface area contributed by atoms with E-state index in [1.165, 1.54) is 24.3 Å². The first-order valence-corrected chi connectivity index (χ1v) is 10.3. The highest BCUT2D eigenvalue weighted by Gasteiger charge is 2.58. The zero-order valence-corrected chi connectivity index (χ0v) is 18.9. The van der Waals surface area contributed by atoms with E-state index in [0.29, 0.717) is 17.3 Å². The van der Waals surface area contributed by atoms with Gasteiger partial charge in [-0.1, -0.05) is 12.1 Å². The van der Waals surface area contributed by atoms with Crippen molar-refractivity contribution < 1.29 is 41.0 Å². The molecule has 36 heavy (non-hydrogen) atoms. The maximum atomic E-state index is 13.7. The molecule has 6 nitrogen and oxygen atoms in total. The summed E-state index contributed by atoms with van der Waals surface area (Å²) in [5.74, 6) is -7.86. The van der Waals surface area contributed by atoms with Gasteiger partial charge < -0.3 is 15.2 Å². The summed E-state index contributed by atoms with van der Waals surface area (Å²) in [6.45, 7) is 0.998. The van der Waals surface area contributed by atoms with Gasteiger partial charge in [0.2, 0.25) is 0 Å². The number of rotatable bonds is 7. The van der Waals surface area contributed by atoms with Crippen LogP contribution in [-0.4, -0.2) is 34.3 Å². The van der Waals surface area contributed by atoms with Crippen molar-refractivity contribution in [1.82, 2.24) is 4.57 Å². The van der Waals surface area contributed by atoms with Crippen LogP contribution in [0.3, 0.4) is 0 Å². The zero-order valence-electron chi connectivity index (χ0n) is 18.9. The van der Waals surface area contributed by atoms with Crippen LogP contribution in [0.1, 0.15) is 29.8 Å². The summed E-state index contributed by atoms with van der Waals surface area (Å²) >= 11 is 0. The summed E-state index contributed by atoms with van der Waals surface area (Å²) in [5.41, 5.74) is -1.98. The van der Waals surface area contributed by atoms with E-state index in [1.807, 2.05) is 0 Å². The van der Waals surface area contributed by atoms with Crippen LogP contribution in [0, 0.1) is 5.82 Å². The number of nitrogens with one attached hydrogen (secondary N) is 1. The molecule has 0 spiro atoms. The first-order chi connectivity index (χ1) is 16.6. The van der Waals surface area contributed by atoms with Crippen molar-refractivity contribution in [3.8, 4) is 11.4 Å². The lowest BCUT2D eigenvalue weighted by molar-refractivity contribution is -0.290. The van der Waals surface area contributed by atoms with Crippen LogP contribution >= 0.6 is 0 Å². The Kier molecular flexibility index (Phi) is 7.21. The second-order valence-electron chi connectivity index (χ2n) is 8.29. The van der Waals surface area contributed by atoms with Crippen LogP contribution < -0.4 is 15.6 Å². The quantitative estimate of drug-likeness (QED) is 0.434. The Morgan fingerprint density at radius 1 is 1.03 bits per heavy atom. The maximum Gasteiger partial charge on any atom is 0.456 e. The van der Waals surface area contributed by atoms with Crippen LogP contribution in [0.4, 0.5) is 32.0 Å². The fraction of sp³-hybridized carbons (Fsp3) is 0.250. The van der Waals surface area contributed by atoms with Crippen molar-refractivity contribution in [1.29, 1.82) is 0 Å². The SMILES string of the molecule is CC(C)(O)c1ccc(NC(=O)c2cccn(-c3ccc(F)cc3OCC(F)(F)C(F)(F)F)c2=O)cc1. The number of hydrogen-bond donors (Lipinski definition) is 2. The van der Waals surface area contributed by atoms with Crippen molar-refractivity contribution in [3.05, 3.63) is 88.1 Å². The van der Waals surface area contributed by atoms with Gasteiger partial charge >= 0.3 is 12.1 Å². The third kappa shape index (κ3) is 5.88. The topological polar surface area (TPSA) is 80.6 Å². The van der Waals surface area contributed by atoms with Crippen LogP contribution in [0.25, 0.3) is 5.69 Å². The smallest absolute Gasteiger partial charge is 0.456 e. The monoisotopic (exact) mass is 514 g/mol. The molecule has 0 fully saturated rings. The molecule has 0 bridgehead atoms. The minimum Gasteiger partial charge on any atom is -0.485 e. The summed E-state index contributed by atoms with van der Waals surface area (Å²) in [4.78, 5) is 25.7. The van der Waals surface area contributed by atoms with Gasteiger partial charge in [-0.2, -0.15) is 22.0 Å². The Morgan fingerprint density at radius 3 is 2.25 bits per heavy atom. The van der Waals surface area contributed by atoms with E-state index < -0.39 is 52.9 Å². The lowest BCUT2D eigenvalue weighted by atomic mass is 9.98. The minimum absolute atomic E-state index is 0.294. The van der Waals surface area contributed by atoms with Crippen LogP contribution in [-0.2, 0) is 5.60 Å². The predicted octanol–water partition coefficient (Wildman–Crippen LogP) is 5.03. The molecular weight excluding hydrogens is 494 g/mol. The molecule has 0 saturated carbocycles. The summed E-state index contributed by atoms with van der Waals surface area (Å²) < 4.78 is 83.1. The van der Waals surface area contributed by atoms with E-state index in [4.69, 9.17) is 0 Å². The van der Waals surface area contributed by atoms with E-state index in [2.05, 4.69) is 10.1 Å². The molecule has 1 heterocycles. The molecule has 1 aromatic heterocycles. The van der Waals surface area contributed by atoms with Crippen LogP contribution in [0.2, 0.25) is 0 Å². The lowest BCUT2D eigenvalue weighted by Gasteiger charge is -2.21. The van der Waals surface area contributed by atoms with Crippen LogP contribution in [0.15, 0.2) is 65.6 Å². The first-order valence-electron chi connectivity index (χ1n) is 10.3. The second kappa shape index (κ2) is 9.69. The summed E-state index contributed by atoms with van der Waals surface area (Å²) in [6.07, 6.45) is -4.79. The van der Waals surface area contributed by atoms with Crippen molar-refractivity contribution in [2.45, 2.75) is 31.5 Å². The molecule has 0 saturated heterocycles. The molecule has 2 aromatic carbocycles. The molecular formula is C24H20F6N2O4. The normalized spacial score (nSPS) is 12.4. The highest BCUT2D eigenvalue weighted by molar-refractivity contribution is 6.04. The second-order valence-corrected chi connectivity index (χ2v) is 8.29. The number of carbonyl (C=O) groups excluding carboxylic acids is 1. The number of amides is 1. The molecule has 1 amide bonds. The third-order valence-electron chi connectivity index (χ3n) is 5.05. The number of halogens is 6. The number of pyridine rings is 1. The van der Waals surface area contributed by atoms with Crippen molar-refractivity contribution in [2.24, 2.45) is 0 Å². The fourth-order valence-corrected chi connectivity index (χ4v) is 3.07. The highest BCUT2D eigenvalue weighted by atomic mass is 19.4. The van der Waals surface area contributed by atoms with Gasteiger partial charge in [0.1, 0.15) is 17.1 Å². The summed E-state index contributed by atoms with van der Waals surface area (Å²) in [6, 6.07) is 10.9. The molecule has 192 valence electrons. The maximum absolute atomic E-state index is 13.7. The van der Waals surface area contributed by atoms with E-state index in [0.717, 1.165) is 22.9 Å². The van der Waals surface area contributed by atoms with Crippen LogP contribution in [0.5, 0.6) is 5.75 Å². The van der Waals surface area contributed by atoms with Gasteiger partial charge in [-0.05, 0) is 55.8 Å². The molecule has 3 rings (SSSR count). The van der Waals surface area contributed by atoms with Crippen molar-refractivity contribution in [3.63, 3.8) is 0 Å². The zero-order chi connectivity index (χ0) is 26.9. The number of aromatic nitrogens is 1. The average molecular weight is 514 g/mol. The lowest BCUT2D eigenvalue weighted by Crippen LogP contribution is -2.42. The first kappa shape index (κ1) is 26.8. The van der Waals surface area contributed by atoms with E-state index in [9.17, 15) is 41.0 Å². The largest absolute Gasteiger partial charge is 0.485 e. The molecule has 0 atom stereocenters. The minimum atomic E-state index is -5.90. The Labute approximate surface area is 200 Å². The van der Waals surface area contributed by atoms with E-state index in [-0.39, 0.29) is 5.69 Å². The standard InChI is InChI=1S/C24H20F6N2O4/c1-22(2,35)14-5-8-16(9-6-14)31-20(33)17-4-3-11-32(21(17)34)18-10-7-15(25)12-19(18)36-13-23(26,27)24(28,29)30/h3-12,35H,13H2,1-2H3,(H,31,33). The number of alkyl halides is 5. The van der Waals surface area contributed by atoms with Gasteiger partial charge in [0, 0.05) is 18.0 Å². The van der Waals surface area contributed by atoms with Gasteiger partial charge in [-0.3, -0.25) is 14.2 Å². The Morgan fingerprint density at radius 2 is 1.67 bits per heavy atom. The Hall–Kier alpha value is -3.80. The molecule has 0 aliphatic carbocycles. The molecule has 0 aliphatic rings. The van der Waals surface area contributed by atoms with E-state index >= 15 is 0 Å². The number of anilines is 1. The Bertz CT molecular complexity index is 1310. The van der Waals surface area contributed by atoms with Crippen molar-refractivity contribution in [2.75, 3.05) is 11.9 Å². The highest BCUT2D eigenvalue weighted by Crippen LogP contribution is 2.36. The summed E-state index contributed by atoms with van der Waals surface area (Å²) in [7, 11) is 0. The number of benzene rings is 2. The average Bonchev–Trinajstić information content (AvgIpc) is 2.77. The molecule has 3 aromatic rings.